The number of rotatable bonds is 10. The molecule has 13 heteroatoms. The van der Waals surface area contributed by atoms with E-state index in [4.69, 9.17) is 9.47 Å². The normalized spacial score (nSPS) is 17.1. The third kappa shape index (κ3) is 9.01. The van der Waals surface area contributed by atoms with Crippen molar-refractivity contribution in [1.29, 1.82) is 0 Å². The fourth-order valence-electron chi connectivity index (χ4n) is 7.30. The molecular weight excluding hydrogens is 676 g/mol. The van der Waals surface area contributed by atoms with Gasteiger partial charge in [-0.2, -0.15) is 0 Å². The molecule has 0 spiro atoms. The summed E-state index contributed by atoms with van der Waals surface area (Å²) in [6, 6.07) is 14.8. The number of fused-ring (bicyclic) bond motifs is 1. The molecule has 0 bridgehead atoms. The Morgan fingerprint density at radius 2 is 1.66 bits per heavy atom. The van der Waals surface area contributed by atoms with Crippen molar-refractivity contribution < 1.29 is 33.8 Å². The van der Waals surface area contributed by atoms with Crippen molar-refractivity contribution in [2.24, 2.45) is 0 Å². The van der Waals surface area contributed by atoms with E-state index in [0.717, 1.165) is 36.1 Å². The van der Waals surface area contributed by atoms with Crippen molar-refractivity contribution in [1.82, 2.24) is 19.7 Å². The lowest BCUT2D eigenvalue weighted by Crippen LogP contribution is -2.54. The summed E-state index contributed by atoms with van der Waals surface area (Å²) >= 11 is 0. The number of aromatic hydroxyl groups is 1. The maximum Gasteiger partial charge on any atom is 0.410 e. The van der Waals surface area contributed by atoms with Gasteiger partial charge >= 0.3 is 18.1 Å². The Balaban J connectivity index is 1.07. The second-order valence-electron chi connectivity index (χ2n) is 14.1. The summed E-state index contributed by atoms with van der Waals surface area (Å²) in [5, 5.41) is 13.4. The van der Waals surface area contributed by atoms with Gasteiger partial charge in [-0.05, 0) is 80.0 Å². The Bertz CT molecular complexity index is 1760. The van der Waals surface area contributed by atoms with Crippen molar-refractivity contribution in [2.75, 3.05) is 62.6 Å². The molecule has 3 aromatic rings. The molecule has 0 aliphatic carbocycles. The van der Waals surface area contributed by atoms with E-state index >= 15 is 0 Å². The molecule has 0 saturated carbocycles. The highest BCUT2D eigenvalue weighted by molar-refractivity contribution is 5.91. The maximum absolute atomic E-state index is 14.1. The topological polar surface area (TPSA) is 145 Å². The number of phenolic OH excluding ortho intramolecular Hbond substituents is 1. The zero-order valence-corrected chi connectivity index (χ0v) is 30.9. The molecule has 2 fully saturated rings. The maximum atomic E-state index is 14.1. The number of pyridine rings is 1. The van der Waals surface area contributed by atoms with Gasteiger partial charge in [-0.15, -0.1) is 0 Å². The highest BCUT2D eigenvalue weighted by Gasteiger charge is 2.35. The second kappa shape index (κ2) is 17.0. The van der Waals surface area contributed by atoms with Gasteiger partial charge in [0.15, 0.2) is 6.10 Å². The summed E-state index contributed by atoms with van der Waals surface area (Å²) in [7, 11) is 0. The Hall–Kier alpha value is -5.33. The van der Waals surface area contributed by atoms with Crippen LogP contribution in [0.15, 0.2) is 54.7 Å². The standard InChI is InChI=1S/C40H50N6O7/c1-4-5-22-52-38(49)31-10-11-35(41-26-31)43-18-20-44(21-19-43)37(48)34(25-29-23-27(2)36(47)28(3)24-29)53-40(51)45-15-13-32(14-16-45)46-17-12-30-8-6-7-9-33(30)42-39(46)50/h6-11,23-24,26,32,34,47H,4-5,12-22,25H2,1-3H3,(H,42,50)/t34-/m1/s1. The molecule has 6 rings (SSSR count). The molecule has 3 aliphatic heterocycles. The first-order valence-corrected chi connectivity index (χ1v) is 18.7. The van der Waals surface area contributed by atoms with Crippen LogP contribution >= 0.6 is 0 Å². The van der Waals surface area contributed by atoms with Crippen LogP contribution in [0.3, 0.4) is 0 Å². The lowest BCUT2D eigenvalue weighted by Gasteiger charge is -2.39. The number of benzene rings is 2. The monoisotopic (exact) mass is 726 g/mol. The molecule has 3 aliphatic rings. The first-order chi connectivity index (χ1) is 25.6. The lowest BCUT2D eigenvalue weighted by molar-refractivity contribution is -0.141. The van der Waals surface area contributed by atoms with Gasteiger partial charge in [0.2, 0.25) is 0 Å². The van der Waals surface area contributed by atoms with Gasteiger partial charge in [-0.3, -0.25) is 4.79 Å². The fourth-order valence-corrected chi connectivity index (χ4v) is 7.30. The second-order valence-corrected chi connectivity index (χ2v) is 14.1. The van der Waals surface area contributed by atoms with E-state index in [1.54, 1.807) is 35.8 Å². The van der Waals surface area contributed by atoms with Crippen molar-refractivity contribution >= 4 is 35.5 Å². The number of nitrogens with zero attached hydrogens (tertiary/aromatic N) is 5. The van der Waals surface area contributed by atoms with Gasteiger partial charge in [0.05, 0.1) is 12.2 Å². The van der Waals surface area contributed by atoms with Gasteiger partial charge in [0.1, 0.15) is 11.6 Å². The van der Waals surface area contributed by atoms with E-state index in [2.05, 4.69) is 15.2 Å². The number of ether oxygens (including phenoxy) is 2. The van der Waals surface area contributed by atoms with Crippen LogP contribution in [-0.4, -0.2) is 113 Å². The van der Waals surface area contributed by atoms with Crippen LogP contribution in [-0.2, 0) is 27.1 Å². The van der Waals surface area contributed by atoms with Crippen LogP contribution in [0.5, 0.6) is 5.75 Å². The van der Waals surface area contributed by atoms with Crippen LogP contribution in [0.4, 0.5) is 21.1 Å². The zero-order chi connectivity index (χ0) is 37.5. The van der Waals surface area contributed by atoms with Crippen LogP contribution in [0.2, 0.25) is 0 Å². The third-order valence-electron chi connectivity index (χ3n) is 10.4. The minimum atomic E-state index is -1.07. The molecule has 0 unspecified atom stereocenters. The number of anilines is 2. The van der Waals surface area contributed by atoms with Gasteiger partial charge in [0.25, 0.3) is 5.91 Å². The minimum Gasteiger partial charge on any atom is -0.507 e. The first-order valence-electron chi connectivity index (χ1n) is 18.7. The van der Waals surface area contributed by atoms with Gasteiger partial charge in [-0.25, -0.2) is 19.4 Å². The third-order valence-corrected chi connectivity index (χ3v) is 10.4. The molecule has 1 atom stereocenters. The number of esters is 1. The smallest absolute Gasteiger partial charge is 0.410 e. The van der Waals surface area contributed by atoms with Crippen LogP contribution < -0.4 is 10.2 Å². The number of piperidine rings is 1. The number of aromatic nitrogens is 1. The van der Waals surface area contributed by atoms with E-state index < -0.39 is 18.2 Å². The molecule has 2 aromatic carbocycles. The van der Waals surface area contributed by atoms with E-state index in [1.165, 1.54) is 6.20 Å². The van der Waals surface area contributed by atoms with Gasteiger partial charge < -0.3 is 39.5 Å². The number of nitrogens with one attached hydrogen (secondary N) is 1. The first kappa shape index (κ1) is 37.4. The SMILES string of the molecule is CCCCOC(=O)c1ccc(N2CCN(C(=O)[C@@H](Cc3cc(C)c(O)c(C)c3)OC(=O)N3CCC(N4CCc5ccccc5NC4=O)CC3)CC2)nc1. The van der Waals surface area contributed by atoms with Crippen LogP contribution in [0.25, 0.3) is 0 Å². The number of aryl methyl sites for hydroxylation is 2. The molecule has 0 radical (unpaired) electrons. The average Bonchev–Trinajstić information content (AvgIpc) is 3.34. The van der Waals surface area contributed by atoms with Crippen molar-refractivity contribution in [2.45, 2.75) is 71.4 Å². The fraction of sp³-hybridized carbons (Fsp3) is 0.475. The predicted molar refractivity (Wildman–Crippen MR) is 200 cm³/mol. The highest BCUT2D eigenvalue weighted by Crippen LogP contribution is 2.27. The molecule has 4 amide bonds. The molecule has 1 aromatic heterocycles. The predicted octanol–water partition coefficient (Wildman–Crippen LogP) is 5.31. The summed E-state index contributed by atoms with van der Waals surface area (Å²) in [5.41, 5.74) is 4.48. The number of para-hydroxylation sites is 1. The molecule has 282 valence electrons. The van der Waals surface area contributed by atoms with Crippen LogP contribution in [0, 0.1) is 13.8 Å². The summed E-state index contributed by atoms with van der Waals surface area (Å²) < 4.78 is 11.3. The lowest BCUT2D eigenvalue weighted by atomic mass is 10.0. The van der Waals surface area contributed by atoms with Gasteiger partial charge in [-0.1, -0.05) is 43.7 Å². The number of carbonyl (C=O) groups is 4. The molecule has 13 nitrogen and oxygen atoms in total. The molecule has 53 heavy (non-hydrogen) atoms. The average molecular weight is 727 g/mol. The van der Waals surface area contributed by atoms with Gasteiger partial charge in [0, 0.05) is 70.2 Å². The van der Waals surface area contributed by atoms with Crippen molar-refractivity contribution in [3.05, 3.63) is 82.5 Å². The summed E-state index contributed by atoms with van der Waals surface area (Å²) in [4.78, 5) is 64.9. The quantitative estimate of drug-likeness (QED) is 0.210. The van der Waals surface area contributed by atoms with E-state index in [0.29, 0.717) is 87.8 Å². The van der Waals surface area contributed by atoms with E-state index in [1.807, 2.05) is 48.2 Å². The zero-order valence-electron chi connectivity index (χ0n) is 30.9. The number of hydrogen-bond donors (Lipinski definition) is 2. The van der Waals surface area contributed by atoms with E-state index in [9.17, 15) is 24.3 Å². The largest absolute Gasteiger partial charge is 0.507 e. The Morgan fingerprint density at radius 3 is 2.34 bits per heavy atom. The summed E-state index contributed by atoms with van der Waals surface area (Å²) in [5.74, 6) is 0.221. The summed E-state index contributed by atoms with van der Waals surface area (Å²) in [6.45, 7) is 9.25. The molecule has 4 heterocycles. The van der Waals surface area contributed by atoms with Crippen LogP contribution in [0.1, 0.15) is 65.2 Å². The molecule has 2 saturated heterocycles. The number of carbonyl (C=O) groups excluding carboxylic acids is 4. The number of piperazine rings is 1. The van der Waals surface area contributed by atoms with E-state index in [-0.39, 0.29) is 30.2 Å². The number of urea groups is 1. The number of amides is 4. The molecular formula is C40H50N6O7. The van der Waals surface area contributed by atoms with Crippen molar-refractivity contribution in [3.63, 3.8) is 0 Å². The Morgan fingerprint density at radius 1 is 0.943 bits per heavy atom. The Kier molecular flexibility index (Phi) is 12.0. The Labute approximate surface area is 310 Å². The molecule has 2 N–H and O–H groups in total. The highest BCUT2D eigenvalue weighted by atomic mass is 16.6. The van der Waals surface area contributed by atoms with Crippen molar-refractivity contribution in [3.8, 4) is 5.75 Å². The number of unbranched alkanes of at least 4 members (excludes halogenated alkanes) is 1. The number of phenols is 1. The number of hydrogen-bond acceptors (Lipinski definition) is 9. The number of likely N-dealkylation sites (tertiary alicyclic amines) is 1. The minimum absolute atomic E-state index is 0.0182. The summed E-state index contributed by atoms with van der Waals surface area (Å²) in [6.07, 6.45) is 3.76.